The van der Waals surface area contributed by atoms with Gasteiger partial charge in [0.05, 0.1) is 5.60 Å². The quantitative estimate of drug-likeness (QED) is 0.868. The van der Waals surface area contributed by atoms with Crippen LogP contribution in [-0.2, 0) is 9.53 Å². The van der Waals surface area contributed by atoms with Crippen LogP contribution in [0.3, 0.4) is 0 Å². The van der Waals surface area contributed by atoms with Crippen LogP contribution in [0.2, 0.25) is 0 Å². The minimum absolute atomic E-state index is 0.0364. The molecule has 2 atom stereocenters. The van der Waals surface area contributed by atoms with Crippen molar-refractivity contribution in [2.75, 3.05) is 24.7 Å². The van der Waals surface area contributed by atoms with Gasteiger partial charge < -0.3 is 9.84 Å². The Kier molecular flexibility index (Phi) is 4.53. The lowest BCUT2D eigenvalue weighted by atomic mass is 9.82. The van der Waals surface area contributed by atoms with E-state index in [2.05, 4.69) is 4.90 Å². The number of thioether (sulfide) groups is 1. The first-order valence-electron chi connectivity index (χ1n) is 8.34. The van der Waals surface area contributed by atoms with Crippen LogP contribution in [0.5, 0.6) is 0 Å². The lowest BCUT2D eigenvalue weighted by Crippen LogP contribution is -2.58. The molecule has 3 aliphatic heterocycles. The molecule has 3 fully saturated rings. The van der Waals surface area contributed by atoms with Crippen molar-refractivity contribution < 1.29 is 14.6 Å². The Morgan fingerprint density at radius 3 is 2.81 bits per heavy atom. The van der Waals surface area contributed by atoms with Gasteiger partial charge >= 0.3 is 5.97 Å². The number of ether oxygens (including phenoxy) is 1. The summed E-state index contributed by atoms with van der Waals surface area (Å²) in [4.78, 5) is 14.2. The molecule has 0 radical (unpaired) electrons. The Balaban J connectivity index is 1.77. The summed E-state index contributed by atoms with van der Waals surface area (Å²) in [6, 6.07) is 0.389. The van der Waals surface area contributed by atoms with E-state index < -0.39 is 11.5 Å². The minimum atomic E-state index is -0.623. The van der Waals surface area contributed by atoms with E-state index in [4.69, 9.17) is 4.74 Å². The van der Waals surface area contributed by atoms with Crippen LogP contribution in [0.4, 0.5) is 0 Å². The molecule has 5 heteroatoms. The van der Waals surface area contributed by atoms with Crippen LogP contribution in [0, 0.1) is 0 Å². The zero-order chi connectivity index (χ0) is 14.9. The van der Waals surface area contributed by atoms with Crippen LogP contribution in [0.15, 0.2) is 0 Å². The lowest BCUT2D eigenvalue weighted by molar-refractivity contribution is -0.158. The number of carboxylic acid groups (broad SMARTS) is 1. The molecule has 2 unspecified atom stereocenters. The van der Waals surface area contributed by atoms with Gasteiger partial charge in [-0.05, 0) is 63.0 Å². The SMILES string of the molecule is CCC1(C(=O)O)CCCN1C1CCOC2(CCSCC2)C1. The molecule has 120 valence electrons. The van der Waals surface area contributed by atoms with Gasteiger partial charge in [0.25, 0.3) is 0 Å². The van der Waals surface area contributed by atoms with E-state index in [0.717, 1.165) is 51.7 Å². The Hall–Kier alpha value is -0.260. The zero-order valence-corrected chi connectivity index (χ0v) is 13.8. The van der Waals surface area contributed by atoms with Crippen molar-refractivity contribution in [2.45, 2.75) is 69.1 Å². The molecule has 1 N–H and O–H groups in total. The maximum atomic E-state index is 11.9. The van der Waals surface area contributed by atoms with E-state index in [1.165, 1.54) is 11.5 Å². The molecule has 0 aromatic carbocycles. The van der Waals surface area contributed by atoms with Gasteiger partial charge in [0.1, 0.15) is 5.54 Å². The van der Waals surface area contributed by atoms with E-state index in [1.807, 2.05) is 18.7 Å². The number of rotatable bonds is 3. The topological polar surface area (TPSA) is 49.8 Å². The van der Waals surface area contributed by atoms with Gasteiger partial charge in [-0.3, -0.25) is 9.69 Å². The third-order valence-electron chi connectivity index (χ3n) is 5.83. The summed E-state index contributed by atoms with van der Waals surface area (Å²) < 4.78 is 6.17. The summed E-state index contributed by atoms with van der Waals surface area (Å²) in [5, 5.41) is 9.79. The Bertz CT molecular complexity index is 391. The first-order valence-corrected chi connectivity index (χ1v) is 9.49. The van der Waals surface area contributed by atoms with E-state index in [1.54, 1.807) is 0 Å². The molecule has 1 spiro atoms. The van der Waals surface area contributed by atoms with Crippen molar-refractivity contribution in [3.63, 3.8) is 0 Å². The Morgan fingerprint density at radius 1 is 1.38 bits per heavy atom. The Morgan fingerprint density at radius 2 is 2.14 bits per heavy atom. The van der Waals surface area contributed by atoms with Crippen molar-refractivity contribution in [1.82, 2.24) is 4.90 Å². The zero-order valence-electron chi connectivity index (χ0n) is 13.0. The summed E-state index contributed by atoms with van der Waals surface area (Å²) in [6.07, 6.45) is 6.82. The van der Waals surface area contributed by atoms with Crippen molar-refractivity contribution in [3.8, 4) is 0 Å². The van der Waals surface area contributed by atoms with Crippen LogP contribution in [0.1, 0.15) is 51.9 Å². The van der Waals surface area contributed by atoms with Crippen molar-refractivity contribution in [2.24, 2.45) is 0 Å². The number of nitrogens with zero attached hydrogens (tertiary/aromatic N) is 1. The van der Waals surface area contributed by atoms with Crippen LogP contribution in [-0.4, -0.2) is 57.8 Å². The van der Waals surface area contributed by atoms with E-state index >= 15 is 0 Å². The average molecular weight is 313 g/mol. The van der Waals surface area contributed by atoms with Crippen molar-refractivity contribution in [1.29, 1.82) is 0 Å². The number of aliphatic carboxylic acids is 1. The third kappa shape index (κ3) is 2.73. The third-order valence-corrected chi connectivity index (χ3v) is 6.82. The average Bonchev–Trinajstić information content (AvgIpc) is 2.93. The van der Waals surface area contributed by atoms with Gasteiger partial charge in [-0.15, -0.1) is 0 Å². The second-order valence-electron chi connectivity index (χ2n) is 6.78. The summed E-state index contributed by atoms with van der Waals surface area (Å²) in [5.74, 6) is 1.75. The highest BCUT2D eigenvalue weighted by atomic mass is 32.2. The van der Waals surface area contributed by atoms with Gasteiger partial charge in [0, 0.05) is 12.6 Å². The van der Waals surface area contributed by atoms with Crippen LogP contribution in [0.25, 0.3) is 0 Å². The van der Waals surface area contributed by atoms with E-state index in [0.29, 0.717) is 12.5 Å². The standard InChI is InChI=1S/C16H27NO3S/c1-2-16(14(18)19)5-3-8-17(16)13-4-9-20-15(12-13)6-10-21-11-7-15/h13H,2-12H2,1H3,(H,18,19). The molecule has 3 aliphatic rings. The van der Waals surface area contributed by atoms with E-state index in [9.17, 15) is 9.90 Å². The van der Waals surface area contributed by atoms with Gasteiger partial charge in [-0.25, -0.2) is 0 Å². The van der Waals surface area contributed by atoms with Gasteiger partial charge in [-0.1, -0.05) is 6.92 Å². The first-order chi connectivity index (χ1) is 10.1. The molecular weight excluding hydrogens is 286 g/mol. The van der Waals surface area contributed by atoms with Gasteiger partial charge in [0.15, 0.2) is 0 Å². The highest BCUT2D eigenvalue weighted by molar-refractivity contribution is 7.99. The summed E-state index contributed by atoms with van der Waals surface area (Å²) in [6.45, 7) is 3.76. The molecule has 3 saturated heterocycles. The van der Waals surface area contributed by atoms with Crippen molar-refractivity contribution >= 4 is 17.7 Å². The highest BCUT2D eigenvalue weighted by Crippen LogP contribution is 2.43. The molecule has 0 aromatic heterocycles. The fraction of sp³-hybridized carbons (Fsp3) is 0.938. The van der Waals surface area contributed by atoms with Gasteiger partial charge in [-0.2, -0.15) is 11.8 Å². The van der Waals surface area contributed by atoms with Crippen LogP contribution >= 0.6 is 11.8 Å². The second-order valence-corrected chi connectivity index (χ2v) is 8.00. The number of hydrogen-bond acceptors (Lipinski definition) is 4. The minimum Gasteiger partial charge on any atom is -0.480 e. The highest BCUT2D eigenvalue weighted by Gasteiger charge is 2.51. The molecule has 4 nitrogen and oxygen atoms in total. The summed E-state index contributed by atoms with van der Waals surface area (Å²) in [5.41, 5.74) is -0.582. The maximum Gasteiger partial charge on any atom is 0.324 e. The number of likely N-dealkylation sites (tertiary alicyclic amines) is 1. The maximum absolute atomic E-state index is 11.9. The molecule has 3 rings (SSSR count). The van der Waals surface area contributed by atoms with E-state index in [-0.39, 0.29) is 5.60 Å². The molecule has 0 aromatic rings. The van der Waals surface area contributed by atoms with Crippen molar-refractivity contribution in [3.05, 3.63) is 0 Å². The first kappa shape index (κ1) is 15.6. The summed E-state index contributed by atoms with van der Waals surface area (Å²) in [7, 11) is 0. The second kappa shape index (κ2) is 6.09. The predicted molar refractivity (Wildman–Crippen MR) is 84.9 cm³/mol. The number of carboxylic acids is 1. The molecular formula is C16H27NO3S. The number of hydrogen-bond donors (Lipinski definition) is 1. The molecule has 3 heterocycles. The fourth-order valence-electron chi connectivity index (χ4n) is 4.55. The normalized spacial score (nSPS) is 36.9. The summed E-state index contributed by atoms with van der Waals surface area (Å²) >= 11 is 2.02. The largest absolute Gasteiger partial charge is 0.480 e. The molecule has 0 bridgehead atoms. The molecule has 0 aliphatic carbocycles. The molecule has 0 amide bonds. The fourth-order valence-corrected chi connectivity index (χ4v) is 5.79. The molecule has 21 heavy (non-hydrogen) atoms. The Labute approximate surface area is 131 Å². The predicted octanol–water partition coefficient (Wildman–Crippen LogP) is 2.76. The van der Waals surface area contributed by atoms with Gasteiger partial charge in [0.2, 0.25) is 0 Å². The lowest BCUT2D eigenvalue weighted by Gasteiger charge is -2.48. The smallest absolute Gasteiger partial charge is 0.324 e. The molecule has 0 saturated carbocycles. The number of carbonyl (C=O) groups is 1. The van der Waals surface area contributed by atoms with Crippen LogP contribution < -0.4 is 0 Å². The monoisotopic (exact) mass is 313 g/mol.